The molecule has 2 heterocycles. The van der Waals surface area contributed by atoms with Gasteiger partial charge >= 0.3 is 5.97 Å². The van der Waals surface area contributed by atoms with Crippen molar-refractivity contribution in [1.82, 2.24) is 0 Å². The van der Waals surface area contributed by atoms with E-state index in [4.69, 9.17) is 18.9 Å². The van der Waals surface area contributed by atoms with Gasteiger partial charge in [0.1, 0.15) is 12.2 Å². The summed E-state index contributed by atoms with van der Waals surface area (Å²) in [5.41, 5.74) is 0.606. The maximum atomic E-state index is 11.0. The van der Waals surface area contributed by atoms with Crippen LogP contribution in [0, 0.1) is 0 Å². The van der Waals surface area contributed by atoms with Crippen molar-refractivity contribution >= 4 is 5.97 Å². The maximum Gasteiger partial charge on any atom is 0.338 e. The van der Waals surface area contributed by atoms with Crippen molar-refractivity contribution in [2.75, 3.05) is 33.0 Å². The molecule has 2 unspecified atom stereocenters. The molecule has 0 spiro atoms. The van der Waals surface area contributed by atoms with Crippen LogP contribution in [0.15, 0.2) is 30.3 Å². The number of carbonyl (C=O) groups excluding carboxylic acids is 1. The van der Waals surface area contributed by atoms with Gasteiger partial charge in [-0.05, 0) is 19.1 Å². The van der Waals surface area contributed by atoms with Crippen molar-refractivity contribution in [3.8, 4) is 0 Å². The van der Waals surface area contributed by atoms with Crippen molar-refractivity contribution in [3.63, 3.8) is 0 Å². The molecule has 0 aromatic heterocycles. The zero-order valence-corrected chi connectivity index (χ0v) is 11.6. The van der Waals surface area contributed by atoms with E-state index in [1.54, 1.807) is 19.1 Å². The van der Waals surface area contributed by atoms with Crippen LogP contribution in [0.1, 0.15) is 17.3 Å². The van der Waals surface area contributed by atoms with Gasteiger partial charge in [0.05, 0.1) is 38.6 Å². The first-order chi connectivity index (χ1) is 9.79. The third-order valence-corrected chi connectivity index (χ3v) is 2.70. The first-order valence-corrected chi connectivity index (χ1v) is 6.82. The van der Waals surface area contributed by atoms with Crippen LogP contribution in [0.3, 0.4) is 0 Å². The number of benzene rings is 1. The zero-order valence-electron chi connectivity index (χ0n) is 11.6. The fourth-order valence-corrected chi connectivity index (χ4v) is 1.45. The van der Waals surface area contributed by atoms with Crippen LogP contribution in [0.4, 0.5) is 0 Å². The van der Waals surface area contributed by atoms with Gasteiger partial charge in [-0.15, -0.1) is 0 Å². The molecule has 0 amide bonds. The summed E-state index contributed by atoms with van der Waals surface area (Å²) >= 11 is 0. The van der Waals surface area contributed by atoms with E-state index in [1.807, 2.05) is 18.2 Å². The number of carbonyl (C=O) groups is 1. The lowest BCUT2D eigenvalue weighted by atomic mass is 10.2. The molecular weight excluding hydrogens is 260 g/mol. The van der Waals surface area contributed by atoms with Gasteiger partial charge in [0.25, 0.3) is 0 Å². The number of hydrogen-bond acceptors (Lipinski definition) is 5. The highest BCUT2D eigenvalue weighted by Gasteiger charge is 2.26. The van der Waals surface area contributed by atoms with E-state index in [9.17, 15) is 4.79 Å². The summed E-state index contributed by atoms with van der Waals surface area (Å²) in [6.07, 6.45) is 0.785. The van der Waals surface area contributed by atoms with Gasteiger partial charge < -0.3 is 18.9 Å². The van der Waals surface area contributed by atoms with E-state index in [0.29, 0.717) is 24.4 Å². The molecule has 0 radical (unpaired) electrons. The first kappa shape index (κ1) is 15.0. The van der Waals surface area contributed by atoms with Crippen molar-refractivity contribution in [3.05, 3.63) is 35.9 Å². The minimum Gasteiger partial charge on any atom is -0.462 e. The largest absolute Gasteiger partial charge is 0.462 e. The highest BCUT2D eigenvalue weighted by atomic mass is 16.6. The molecule has 2 fully saturated rings. The van der Waals surface area contributed by atoms with Gasteiger partial charge in [-0.2, -0.15) is 0 Å². The fraction of sp³-hybridized carbons (Fsp3) is 0.533. The maximum absolute atomic E-state index is 11.0. The Labute approximate surface area is 118 Å². The average Bonchev–Trinajstić information content (AvgIpc) is 3.36. The molecule has 0 bridgehead atoms. The van der Waals surface area contributed by atoms with Crippen molar-refractivity contribution in [1.29, 1.82) is 0 Å². The number of ether oxygens (including phenoxy) is 4. The molecule has 3 rings (SSSR count). The Morgan fingerprint density at radius 2 is 1.70 bits per heavy atom. The summed E-state index contributed by atoms with van der Waals surface area (Å²) in [5.74, 6) is -0.256. The molecular formula is C15H20O5. The lowest BCUT2D eigenvalue weighted by Crippen LogP contribution is -2.06. The summed E-state index contributed by atoms with van der Waals surface area (Å²) in [6.45, 7) is 5.48. The second-order valence-electron chi connectivity index (χ2n) is 4.53. The molecule has 5 heteroatoms. The van der Waals surface area contributed by atoms with Gasteiger partial charge in [0.2, 0.25) is 0 Å². The van der Waals surface area contributed by atoms with E-state index in [-0.39, 0.29) is 5.97 Å². The van der Waals surface area contributed by atoms with Crippen LogP contribution in [0.5, 0.6) is 0 Å². The van der Waals surface area contributed by atoms with E-state index in [1.165, 1.54) is 0 Å². The molecule has 110 valence electrons. The Bertz CT molecular complexity index is 386. The smallest absolute Gasteiger partial charge is 0.338 e. The van der Waals surface area contributed by atoms with E-state index in [0.717, 1.165) is 26.4 Å². The number of rotatable bonds is 6. The van der Waals surface area contributed by atoms with E-state index in [2.05, 4.69) is 0 Å². The SMILES string of the molecule is C(OCC1CO1)C1CO1.CCOC(=O)c1ccccc1. The highest BCUT2D eigenvalue weighted by Crippen LogP contribution is 2.12. The fourth-order valence-electron chi connectivity index (χ4n) is 1.45. The topological polar surface area (TPSA) is 60.6 Å². The van der Waals surface area contributed by atoms with Gasteiger partial charge in [0, 0.05) is 0 Å². The Morgan fingerprint density at radius 3 is 2.15 bits per heavy atom. The predicted octanol–water partition coefficient (Wildman–Crippen LogP) is 1.66. The van der Waals surface area contributed by atoms with Crippen LogP contribution < -0.4 is 0 Å². The quantitative estimate of drug-likeness (QED) is 0.586. The Kier molecular flexibility index (Phi) is 5.98. The molecule has 2 aliphatic rings. The third kappa shape index (κ3) is 6.14. The summed E-state index contributed by atoms with van der Waals surface area (Å²) < 4.78 is 19.9. The number of epoxide rings is 2. The molecule has 1 aromatic carbocycles. The first-order valence-electron chi connectivity index (χ1n) is 6.82. The molecule has 0 N–H and O–H groups in total. The summed E-state index contributed by atoms with van der Waals surface area (Å²) in [4.78, 5) is 11.0. The second-order valence-corrected chi connectivity index (χ2v) is 4.53. The second kappa shape index (κ2) is 7.99. The van der Waals surface area contributed by atoms with Crippen LogP contribution in [0.2, 0.25) is 0 Å². The van der Waals surface area contributed by atoms with Crippen molar-refractivity contribution < 1.29 is 23.7 Å². The Balaban J connectivity index is 0.000000149. The molecule has 1 aromatic rings. The lowest BCUT2D eigenvalue weighted by Gasteiger charge is -1.99. The van der Waals surface area contributed by atoms with E-state index < -0.39 is 0 Å². The monoisotopic (exact) mass is 280 g/mol. The molecule has 2 atom stereocenters. The summed E-state index contributed by atoms with van der Waals surface area (Å²) in [6, 6.07) is 8.96. The molecule has 2 aliphatic heterocycles. The highest BCUT2D eigenvalue weighted by molar-refractivity contribution is 5.89. The predicted molar refractivity (Wildman–Crippen MR) is 72.7 cm³/mol. The summed E-state index contributed by atoms with van der Waals surface area (Å²) in [7, 11) is 0. The van der Waals surface area contributed by atoms with Crippen molar-refractivity contribution in [2.45, 2.75) is 19.1 Å². The van der Waals surface area contributed by atoms with Gasteiger partial charge in [-0.3, -0.25) is 0 Å². The average molecular weight is 280 g/mol. The van der Waals surface area contributed by atoms with E-state index >= 15 is 0 Å². The van der Waals surface area contributed by atoms with Crippen molar-refractivity contribution in [2.24, 2.45) is 0 Å². The Morgan fingerprint density at radius 1 is 1.15 bits per heavy atom. The molecule has 0 aliphatic carbocycles. The minimum absolute atomic E-state index is 0.256. The third-order valence-electron chi connectivity index (χ3n) is 2.70. The van der Waals surface area contributed by atoms with Gasteiger partial charge in [0.15, 0.2) is 0 Å². The standard InChI is InChI=1S/C9H10O2.C6H10O3/c1-2-11-9(10)8-6-4-3-5-7-8;1(5-3-8-5)7-2-6-4-9-6/h3-7H,2H2,1H3;5-6H,1-4H2. The van der Waals surface area contributed by atoms with Crippen LogP contribution in [-0.2, 0) is 18.9 Å². The minimum atomic E-state index is -0.256. The Hall–Kier alpha value is -1.43. The zero-order chi connectivity index (χ0) is 14.2. The van der Waals surface area contributed by atoms with Crippen LogP contribution in [0.25, 0.3) is 0 Å². The van der Waals surface area contributed by atoms with Gasteiger partial charge in [-0.1, -0.05) is 18.2 Å². The van der Waals surface area contributed by atoms with Crippen LogP contribution >= 0.6 is 0 Å². The lowest BCUT2D eigenvalue weighted by molar-refractivity contribution is 0.0526. The molecule has 0 saturated carbocycles. The van der Waals surface area contributed by atoms with Crippen LogP contribution in [-0.4, -0.2) is 51.2 Å². The molecule has 20 heavy (non-hydrogen) atoms. The van der Waals surface area contributed by atoms with Gasteiger partial charge in [-0.25, -0.2) is 4.79 Å². The number of hydrogen-bond donors (Lipinski definition) is 0. The normalized spacial score (nSPS) is 22.4. The number of esters is 1. The molecule has 5 nitrogen and oxygen atoms in total. The summed E-state index contributed by atoms with van der Waals surface area (Å²) in [5, 5.41) is 0. The molecule has 2 saturated heterocycles.